The van der Waals surface area contributed by atoms with Crippen LogP contribution in [0.2, 0.25) is 0 Å². The van der Waals surface area contributed by atoms with Gasteiger partial charge in [0.2, 0.25) is 0 Å². The van der Waals surface area contributed by atoms with Crippen LogP contribution in [0.15, 0.2) is 24.3 Å². The molecule has 1 aromatic carbocycles. The molecule has 0 aromatic heterocycles. The Morgan fingerprint density at radius 2 is 2.19 bits per heavy atom. The minimum absolute atomic E-state index is 0.0504. The number of hydrogen-bond acceptors (Lipinski definition) is 1. The smallest absolute Gasteiger partial charge is 0.251 e. The minimum Gasteiger partial charge on any atom is -0.349 e. The highest BCUT2D eigenvalue weighted by molar-refractivity contribution is 9.08. The molecule has 86 valence electrons. The van der Waals surface area contributed by atoms with Crippen molar-refractivity contribution in [3.63, 3.8) is 0 Å². The highest BCUT2D eigenvalue weighted by Crippen LogP contribution is 2.32. The number of carbonyl (C=O) groups is 1. The van der Waals surface area contributed by atoms with Crippen LogP contribution in [0.25, 0.3) is 0 Å². The van der Waals surface area contributed by atoms with Gasteiger partial charge >= 0.3 is 0 Å². The summed E-state index contributed by atoms with van der Waals surface area (Å²) >= 11 is 3.40. The third-order valence-corrected chi connectivity index (χ3v) is 3.70. The number of nitrogens with one attached hydrogen (secondary N) is 1. The maximum absolute atomic E-state index is 12.0. The largest absolute Gasteiger partial charge is 0.349 e. The fourth-order valence-electron chi connectivity index (χ4n) is 1.86. The SMILES string of the molecule is CC(NC(=O)c1ccccc1CBr)C1CC1. The Morgan fingerprint density at radius 1 is 1.50 bits per heavy atom. The van der Waals surface area contributed by atoms with Crippen LogP contribution in [0.3, 0.4) is 0 Å². The first-order valence-electron chi connectivity index (χ1n) is 5.67. The third kappa shape index (κ3) is 2.64. The van der Waals surface area contributed by atoms with Crippen LogP contribution < -0.4 is 5.32 Å². The van der Waals surface area contributed by atoms with Gasteiger partial charge in [-0.15, -0.1) is 0 Å². The second-order valence-electron chi connectivity index (χ2n) is 4.39. The summed E-state index contributed by atoms with van der Waals surface area (Å²) in [6, 6.07) is 8.02. The average Bonchev–Trinajstić information content (AvgIpc) is 3.12. The summed E-state index contributed by atoms with van der Waals surface area (Å²) in [7, 11) is 0. The van der Waals surface area contributed by atoms with Crippen LogP contribution in [-0.4, -0.2) is 11.9 Å². The zero-order chi connectivity index (χ0) is 11.5. The molecule has 2 nitrogen and oxygen atoms in total. The normalized spacial score (nSPS) is 16.9. The maximum Gasteiger partial charge on any atom is 0.251 e. The van der Waals surface area contributed by atoms with Gasteiger partial charge in [-0.2, -0.15) is 0 Å². The highest BCUT2D eigenvalue weighted by atomic mass is 79.9. The lowest BCUT2D eigenvalue weighted by Crippen LogP contribution is -2.34. The standard InChI is InChI=1S/C13H16BrNO/c1-9(10-6-7-10)15-13(16)12-5-3-2-4-11(12)8-14/h2-5,9-10H,6-8H2,1H3,(H,15,16). The van der Waals surface area contributed by atoms with Crippen LogP contribution in [-0.2, 0) is 5.33 Å². The highest BCUT2D eigenvalue weighted by Gasteiger charge is 2.29. The molecule has 1 saturated carbocycles. The second kappa shape index (κ2) is 5.00. The molecule has 1 aliphatic rings. The molecule has 1 atom stereocenters. The van der Waals surface area contributed by atoms with Crippen molar-refractivity contribution in [3.05, 3.63) is 35.4 Å². The molecule has 0 aliphatic heterocycles. The number of amides is 1. The average molecular weight is 282 g/mol. The van der Waals surface area contributed by atoms with E-state index in [0.717, 1.165) is 11.1 Å². The van der Waals surface area contributed by atoms with Crippen molar-refractivity contribution in [2.75, 3.05) is 0 Å². The van der Waals surface area contributed by atoms with Crippen molar-refractivity contribution in [1.29, 1.82) is 0 Å². The van der Waals surface area contributed by atoms with Crippen molar-refractivity contribution < 1.29 is 4.79 Å². The minimum atomic E-state index is 0.0504. The predicted molar refractivity (Wildman–Crippen MR) is 68.7 cm³/mol. The van der Waals surface area contributed by atoms with Gasteiger partial charge in [0.05, 0.1) is 0 Å². The van der Waals surface area contributed by atoms with Gasteiger partial charge in [0, 0.05) is 16.9 Å². The van der Waals surface area contributed by atoms with Gasteiger partial charge in [-0.05, 0) is 37.3 Å². The molecule has 0 radical (unpaired) electrons. The quantitative estimate of drug-likeness (QED) is 0.845. The van der Waals surface area contributed by atoms with Gasteiger partial charge in [-0.25, -0.2) is 0 Å². The summed E-state index contributed by atoms with van der Waals surface area (Å²) in [6.07, 6.45) is 2.50. The fraction of sp³-hybridized carbons (Fsp3) is 0.462. The molecule has 0 heterocycles. The molecule has 16 heavy (non-hydrogen) atoms. The Morgan fingerprint density at radius 3 is 2.81 bits per heavy atom. The van der Waals surface area contributed by atoms with E-state index in [1.54, 1.807) is 0 Å². The van der Waals surface area contributed by atoms with E-state index in [4.69, 9.17) is 0 Å². The molecule has 1 fully saturated rings. The lowest BCUT2D eigenvalue weighted by Gasteiger charge is -2.14. The maximum atomic E-state index is 12.0. The van der Waals surface area contributed by atoms with Crippen LogP contribution in [0, 0.1) is 5.92 Å². The fourth-order valence-corrected chi connectivity index (χ4v) is 2.35. The Bertz CT molecular complexity index is 387. The second-order valence-corrected chi connectivity index (χ2v) is 4.95. The molecule has 2 rings (SSSR count). The summed E-state index contributed by atoms with van der Waals surface area (Å²) in [5.74, 6) is 0.745. The molecule has 1 aliphatic carbocycles. The van der Waals surface area contributed by atoms with Gasteiger partial charge in [0.1, 0.15) is 0 Å². The molecule has 1 amide bonds. The molecule has 0 spiro atoms. The summed E-state index contributed by atoms with van der Waals surface area (Å²) < 4.78 is 0. The number of benzene rings is 1. The van der Waals surface area contributed by atoms with E-state index in [1.807, 2.05) is 24.3 Å². The molecular weight excluding hydrogens is 266 g/mol. The van der Waals surface area contributed by atoms with E-state index in [9.17, 15) is 4.79 Å². The first-order chi connectivity index (χ1) is 7.72. The Kier molecular flexibility index (Phi) is 3.64. The Hall–Kier alpha value is -0.830. The number of halogens is 1. The van der Waals surface area contributed by atoms with Crippen molar-refractivity contribution in [2.45, 2.75) is 31.1 Å². The monoisotopic (exact) mass is 281 g/mol. The number of rotatable bonds is 4. The molecule has 1 aromatic rings. The van der Waals surface area contributed by atoms with E-state index >= 15 is 0 Å². The van der Waals surface area contributed by atoms with Gasteiger partial charge in [0.15, 0.2) is 0 Å². The number of carbonyl (C=O) groups excluding carboxylic acids is 1. The van der Waals surface area contributed by atoms with Gasteiger partial charge in [-0.1, -0.05) is 34.1 Å². The topological polar surface area (TPSA) is 29.1 Å². The van der Waals surface area contributed by atoms with Gasteiger partial charge in [-0.3, -0.25) is 4.79 Å². The Labute approximate surface area is 105 Å². The van der Waals surface area contributed by atoms with Crippen molar-refractivity contribution in [1.82, 2.24) is 5.32 Å². The lowest BCUT2D eigenvalue weighted by molar-refractivity contribution is 0.0935. The molecular formula is C13H16BrNO. The summed E-state index contributed by atoms with van der Waals surface area (Å²) in [5, 5.41) is 3.79. The van der Waals surface area contributed by atoms with Crippen LogP contribution in [0.5, 0.6) is 0 Å². The van der Waals surface area contributed by atoms with E-state index in [1.165, 1.54) is 12.8 Å². The zero-order valence-corrected chi connectivity index (χ0v) is 11.0. The summed E-state index contributed by atoms with van der Waals surface area (Å²) in [6.45, 7) is 2.09. The molecule has 1 unspecified atom stereocenters. The zero-order valence-electron chi connectivity index (χ0n) is 9.37. The molecule has 0 saturated heterocycles. The summed E-state index contributed by atoms with van der Waals surface area (Å²) in [4.78, 5) is 12.0. The van der Waals surface area contributed by atoms with Crippen LogP contribution in [0.1, 0.15) is 35.7 Å². The predicted octanol–water partition coefficient (Wildman–Crippen LogP) is 3.11. The van der Waals surface area contributed by atoms with Crippen LogP contribution >= 0.6 is 15.9 Å². The van der Waals surface area contributed by atoms with Crippen molar-refractivity contribution in [3.8, 4) is 0 Å². The van der Waals surface area contributed by atoms with Crippen LogP contribution in [0.4, 0.5) is 0 Å². The van der Waals surface area contributed by atoms with E-state index in [0.29, 0.717) is 17.3 Å². The van der Waals surface area contributed by atoms with E-state index in [2.05, 4.69) is 28.2 Å². The number of alkyl halides is 1. The van der Waals surface area contributed by atoms with Gasteiger partial charge in [0.25, 0.3) is 5.91 Å². The van der Waals surface area contributed by atoms with E-state index < -0.39 is 0 Å². The summed E-state index contributed by atoms with van der Waals surface area (Å²) in [5.41, 5.74) is 1.83. The molecule has 3 heteroatoms. The van der Waals surface area contributed by atoms with E-state index in [-0.39, 0.29) is 5.91 Å². The lowest BCUT2D eigenvalue weighted by atomic mass is 10.1. The molecule has 0 bridgehead atoms. The first kappa shape index (κ1) is 11.6. The van der Waals surface area contributed by atoms with Crippen molar-refractivity contribution >= 4 is 21.8 Å². The van der Waals surface area contributed by atoms with Gasteiger partial charge < -0.3 is 5.32 Å². The third-order valence-electron chi connectivity index (χ3n) is 3.09. The Balaban J connectivity index is 2.07. The van der Waals surface area contributed by atoms with Crippen molar-refractivity contribution in [2.24, 2.45) is 5.92 Å². The molecule has 1 N–H and O–H groups in total. The first-order valence-corrected chi connectivity index (χ1v) is 6.79. The number of hydrogen-bond donors (Lipinski definition) is 1.